The monoisotopic (exact) mass is 276 g/mol. The summed E-state index contributed by atoms with van der Waals surface area (Å²) in [7, 11) is 0. The van der Waals surface area contributed by atoms with Crippen LogP contribution in [0.25, 0.3) is 0 Å². The van der Waals surface area contributed by atoms with Crippen molar-refractivity contribution in [3.63, 3.8) is 0 Å². The molecule has 0 saturated heterocycles. The van der Waals surface area contributed by atoms with Crippen LogP contribution in [0.2, 0.25) is 0 Å². The molecule has 17 heavy (non-hydrogen) atoms. The molecule has 4 aliphatic carbocycles. The normalized spacial score (nSPS) is 46.6. The van der Waals surface area contributed by atoms with E-state index in [1.54, 1.807) is 0 Å². The van der Waals surface area contributed by atoms with Gasteiger partial charge in [-0.3, -0.25) is 0 Å². The minimum absolute atomic E-state index is 0. The summed E-state index contributed by atoms with van der Waals surface area (Å²) in [5, 5.41) is 0. The lowest BCUT2D eigenvalue weighted by molar-refractivity contribution is -0.0187. The van der Waals surface area contributed by atoms with Crippen LogP contribution in [0.4, 0.5) is 0 Å². The van der Waals surface area contributed by atoms with Gasteiger partial charge in [0, 0.05) is 21.3 Å². The average molecular weight is 277 g/mol. The molecule has 0 unspecified atom stereocenters. The molecule has 4 rings (SSSR count). The third-order valence-corrected chi connectivity index (χ3v) is 6.55. The number of nitrogens with zero attached hydrogens (tertiary/aromatic N) is 1. The first-order valence-corrected chi connectivity index (χ1v) is 7.26. The van der Waals surface area contributed by atoms with Crippen LogP contribution < -0.4 is 5.73 Å². The van der Waals surface area contributed by atoms with E-state index in [9.17, 15) is 4.91 Å². The summed E-state index contributed by atoms with van der Waals surface area (Å²) >= 11 is 1.33. The minimum atomic E-state index is 0. The maximum absolute atomic E-state index is 10.7. The molecule has 0 aromatic carbocycles. The molecular weight excluding hydrogens is 256 g/mol. The highest BCUT2D eigenvalue weighted by molar-refractivity contribution is 7.99. The Morgan fingerprint density at radius 2 is 1.65 bits per heavy atom. The first kappa shape index (κ1) is 13.6. The summed E-state index contributed by atoms with van der Waals surface area (Å²) in [5.41, 5.74) is 5.77. The Morgan fingerprint density at radius 3 is 2.06 bits per heavy atom. The number of hydrogen-bond acceptors (Lipinski definition) is 4. The number of nitroso groups, excluding NO2 is 1. The van der Waals surface area contributed by atoms with Crippen molar-refractivity contribution in [2.24, 2.45) is 34.0 Å². The molecule has 4 bridgehead atoms. The molecule has 0 atom stereocenters. The Bertz CT molecular complexity index is 272. The Balaban J connectivity index is 0.00000108. The molecule has 4 fully saturated rings. The van der Waals surface area contributed by atoms with Crippen molar-refractivity contribution in [1.82, 2.24) is 0 Å². The maximum Gasteiger partial charge on any atom is 0.0481 e. The molecule has 4 aliphatic rings. The Hall–Kier alpha value is 0.200. The van der Waals surface area contributed by atoms with Gasteiger partial charge < -0.3 is 5.73 Å². The second-order valence-corrected chi connectivity index (χ2v) is 7.06. The van der Waals surface area contributed by atoms with Gasteiger partial charge in [-0.25, -0.2) is 0 Å². The average Bonchev–Trinajstić information content (AvgIpc) is 2.25. The van der Waals surface area contributed by atoms with E-state index in [1.165, 1.54) is 44.1 Å². The van der Waals surface area contributed by atoms with Crippen LogP contribution in [0, 0.1) is 28.6 Å². The van der Waals surface area contributed by atoms with Gasteiger partial charge in [-0.2, -0.15) is 0 Å². The van der Waals surface area contributed by atoms with E-state index in [0.717, 1.165) is 30.1 Å². The van der Waals surface area contributed by atoms with E-state index in [0.29, 0.717) is 6.54 Å². The highest BCUT2D eigenvalue weighted by Crippen LogP contribution is 2.63. The van der Waals surface area contributed by atoms with Crippen LogP contribution >= 0.6 is 24.4 Å². The predicted molar refractivity (Wildman–Crippen MR) is 74.1 cm³/mol. The molecule has 4 saturated carbocycles. The highest BCUT2D eigenvalue weighted by atomic mass is 35.5. The van der Waals surface area contributed by atoms with Gasteiger partial charge in [-0.1, -0.05) is 0 Å². The van der Waals surface area contributed by atoms with E-state index in [1.807, 2.05) is 0 Å². The first-order chi connectivity index (χ1) is 7.78. The van der Waals surface area contributed by atoms with Crippen LogP contribution in [0.5, 0.6) is 0 Å². The third kappa shape index (κ3) is 2.02. The smallest absolute Gasteiger partial charge is 0.0481 e. The summed E-state index contributed by atoms with van der Waals surface area (Å²) < 4.78 is 3.30. The van der Waals surface area contributed by atoms with Crippen LogP contribution in [-0.4, -0.2) is 11.3 Å². The quantitative estimate of drug-likeness (QED) is 0.633. The number of nitrogens with two attached hydrogens (primary N) is 1. The van der Waals surface area contributed by atoms with Gasteiger partial charge in [0.25, 0.3) is 0 Å². The van der Waals surface area contributed by atoms with E-state index in [2.05, 4.69) is 4.58 Å². The highest BCUT2D eigenvalue weighted by Gasteiger charge is 2.57. The van der Waals surface area contributed by atoms with Crippen LogP contribution in [-0.2, 0) is 0 Å². The van der Waals surface area contributed by atoms with Gasteiger partial charge in [0.15, 0.2) is 0 Å². The van der Waals surface area contributed by atoms with Crippen molar-refractivity contribution >= 4 is 24.4 Å². The zero-order valence-electron chi connectivity index (χ0n) is 10.0. The molecule has 5 heteroatoms. The fraction of sp³-hybridized carbons (Fsp3) is 1.00. The second-order valence-electron chi connectivity index (χ2n) is 5.96. The van der Waals surface area contributed by atoms with E-state index in [4.69, 9.17) is 5.73 Å². The second kappa shape index (κ2) is 5.06. The molecule has 0 aromatic heterocycles. The van der Waals surface area contributed by atoms with Gasteiger partial charge in [-0.05, 0) is 68.7 Å². The summed E-state index contributed by atoms with van der Waals surface area (Å²) in [4.78, 5) is 10.7. The standard InChI is InChI=1S/C12H20N2OS.ClH/c13-2-1-12(16-14-15)10-4-8-3-9(6-10)7-11(12)5-8;/h8-11H,1-7,13H2;1H. The van der Waals surface area contributed by atoms with Gasteiger partial charge in [-0.15, -0.1) is 17.3 Å². The predicted octanol–water partition coefficient (Wildman–Crippen LogP) is 3.37. The van der Waals surface area contributed by atoms with Crippen molar-refractivity contribution in [2.45, 2.75) is 43.3 Å². The minimum Gasteiger partial charge on any atom is -0.330 e. The van der Waals surface area contributed by atoms with Crippen molar-refractivity contribution in [1.29, 1.82) is 0 Å². The van der Waals surface area contributed by atoms with Crippen LogP contribution in [0.1, 0.15) is 38.5 Å². The van der Waals surface area contributed by atoms with E-state index >= 15 is 0 Å². The molecule has 0 heterocycles. The Morgan fingerprint density at radius 1 is 1.12 bits per heavy atom. The molecule has 0 radical (unpaired) electrons. The largest absolute Gasteiger partial charge is 0.330 e. The molecule has 3 nitrogen and oxygen atoms in total. The molecule has 0 aliphatic heterocycles. The summed E-state index contributed by atoms with van der Waals surface area (Å²) in [5.74, 6) is 3.33. The Labute approximate surface area is 113 Å². The molecule has 2 N–H and O–H groups in total. The molecule has 0 spiro atoms. The summed E-state index contributed by atoms with van der Waals surface area (Å²) in [6.45, 7) is 0.699. The lowest BCUT2D eigenvalue weighted by Crippen LogP contribution is -2.56. The lowest BCUT2D eigenvalue weighted by Gasteiger charge is -2.59. The maximum atomic E-state index is 10.7. The van der Waals surface area contributed by atoms with Gasteiger partial charge in [0.1, 0.15) is 0 Å². The van der Waals surface area contributed by atoms with Gasteiger partial charge >= 0.3 is 0 Å². The first-order valence-electron chi connectivity index (χ1n) is 6.49. The molecular formula is C12H21ClN2OS. The third-order valence-electron chi connectivity index (χ3n) is 5.26. The van der Waals surface area contributed by atoms with Crippen molar-refractivity contribution in [3.05, 3.63) is 4.91 Å². The number of halogens is 1. The fourth-order valence-electron chi connectivity index (χ4n) is 4.88. The van der Waals surface area contributed by atoms with Gasteiger partial charge in [0.2, 0.25) is 0 Å². The van der Waals surface area contributed by atoms with E-state index in [-0.39, 0.29) is 17.2 Å². The van der Waals surface area contributed by atoms with Gasteiger partial charge in [0.05, 0.1) is 0 Å². The number of hydrogen-bond donors (Lipinski definition) is 1. The van der Waals surface area contributed by atoms with E-state index < -0.39 is 0 Å². The van der Waals surface area contributed by atoms with Crippen molar-refractivity contribution in [2.75, 3.05) is 6.54 Å². The van der Waals surface area contributed by atoms with Crippen molar-refractivity contribution < 1.29 is 0 Å². The fourth-order valence-corrected chi connectivity index (χ4v) is 5.91. The van der Waals surface area contributed by atoms with Crippen LogP contribution in [0.15, 0.2) is 4.58 Å². The summed E-state index contributed by atoms with van der Waals surface area (Å²) in [6, 6.07) is 0. The van der Waals surface area contributed by atoms with Crippen LogP contribution in [0.3, 0.4) is 0 Å². The summed E-state index contributed by atoms with van der Waals surface area (Å²) in [6.07, 6.45) is 7.75. The SMILES string of the molecule is Cl.NCCC1(SN=O)C2CC3CC(C2)CC1C3. The zero-order chi connectivity index (χ0) is 11.2. The molecule has 0 aromatic rings. The Kier molecular flexibility index (Phi) is 4.06. The molecule has 98 valence electrons. The molecule has 0 amide bonds. The zero-order valence-corrected chi connectivity index (χ0v) is 11.6. The lowest BCUT2D eigenvalue weighted by atomic mass is 9.51. The van der Waals surface area contributed by atoms with Crippen molar-refractivity contribution in [3.8, 4) is 0 Å². The number of rotatable bonds is 4. The topological polar surface area (TPSA) is 55.4 Å².